The van der Waals surface area contributed by atoms with E-state index < -0.39 is 27.8 Å². The van der Waals surface area contributed by atoms with Gasteiger partial charge in [0, 0.05) is 25.3 Å². The summed E-state index contributed by atoms with van der Waals surface area (Å²) in [6.07, 6.45) is -1.86. The van der Waals surface area contributed by atoms with E-state index in [0.717, 1.165) is 24.8 Å². The molecule has 2 N–H and O–H groups in total. The number of anilines is 1. The first-order valence-corrected chi connectivity index (χ1v) is 9.58. The number of rotatable bonds is 4. The molecule has 0 unspecified atom stereocenters. The van der Waals surface area contributed by atoms with Crippen LogP contribution < -0.4 is 10.6 Å². The second-order valence-corrected chi connectivity index (χ2v) is 8.03. The Kier molecular flexibility index (Phi) is 5.94. The molecule has 2 amide bonds. The summed E-state index contributed by atoms with van der Waals surface area (Å²) >= 11 is 0. The van der Waals surface area contributed by atoms with E-state index in [2.05, 4.69) is 10.6 Å². The lowest BCUT2D eigenvalue weighted by Crippen LogP contribution is -2.43. The van der Waals surface area contributed by atoms with Gasteiger partial charge < -0.3 is 10.6 Å². The van der Waals surface area contributed by atoms with Crippen LogP contribution in [0.5, 0.6) is 0 Å². The van der Waals surface area contributed by atoms with Crippen molar-refractivity contribution in [2.45, 2.75) is 19.0 Å². The Bertz CT molecular complexity index is 722. The number of piperidine rings is 1. The highest BCUT2D eigenvalue weighted by Crippen LogP contribution is 2.30. The van der Waals surface area contributed by atoms with Crippen molar-refractivity contribution < 1.29 is 26.4 Å². The molecule has 0 bridgehead atoms. The Hall–Kier alpha value is -1.81. The standard InChI is InChI=1S/C15H20F3N3O3S/c1-25(23,24)21-7-3-4-11(10-21)9-19-14(22)20-13-6-2-5-12(8-13)15(16,17)18/h2,5-6,8,11H,3-4,7,9-10H2,1H3,(H2,19,20,22)/t11-/m0/s1. The number of alkyl halides is 3. The molecule has 25 heavy (non-hydrogen) atoms. The highest BCUT2D eigenvalue weighted by Gasteiger charge is 2.30. The molecule has 1 aliphatic rings. The van der Waals surface area contributed by atoms with Crippen LogP contribution in [0.4, 0.5) is 23.7 Å². The predicted molar refractivity (Wildman–Crippen MR) is 87.6 cm³/mol. The van der Waals surface area contributed by atoms with Crippen LogP contribution in [0.1, 0.15) is 18.4 Å². The third-order valence-corrected chi connectivity index (χ3v) is 5.22. The number of hydrogen-bond donors (Lipinski definition) is 2. The zero-order valence-corrected chi connectivity index (χ0v) is 14.5. The van der Waals surface area contributed by atoms with Crippen LogP contribution in [0.3, 0.4) is 0 Å². The Labute approximate surface area is 144 Å². The van der Waals surface area contributed by atoms with E-state index in [-0.39, 0.29) is 18.2 Å². The highest BCUT2D eigenvalue weighted by atomic mass is 32.2. The number of hydrogen-bond acceptors (Lipinski definition) is 3. The molecular weight excluding hydrogens is 359 g/mol. The molecular formula is C15H20F3N3O3S. The van der Waals surface area contributed by atoms with Gasteiger partial charge in [0.2, 0.25) is 10.0 Å². The summed E-state index contributed by atoms with van der Waals surface area (Å²) in [4.78, 5) is 11.9. The summed E-state index contributed by atoms with van der Waals surface area (Å²) in [5, 5.41) is 4.93. The summed E-state index contributed by atoms with van der Waals surface area (Å²) < 4.78 is 62.4. The maximum Gasteiger partial charge on any atom is 0.416 e. The Morgan fingerprint density at radius 1 is 1.36 bits per heavy atom. The maximum atomic E-state index is 12.6. The van der Waals surface area contributed by atoms with Crippen molar-refractivity contribution in [1.82, 2.24) is 9.62 Å². The van der Waals surface area contributed by atoms with Crippen molar-refractivity contribution in [2.24, 2.45) is 5.92 Å². The monoisotopic (exact) mass is 379 g/mol. The van der Waals surface area contributed by atoms with E-state index in [0.29, 0.717) is 19.5 Å². The van der Waals surface area contributed by atoms with Crippen LogP contribution in [0.15, 0.2) is 24.3 Å². The van der Waals surface area contributed by atoms with Gasteiger partial charge in [-0.1, -0.05) is 6.07 Å². The maximum absolute atomic E-state index is 12.6. The first-order chi connectivity index (χ1) is 11.6. The number of urea groups is 1. The summed E-state index contributed by atoms with van der Waals surface area (Å²) in [6, 6.07) is 3.72. The number of nitrogens with one attached hydrogen (secondary N) is 2. The van der Waals surface area contributed by atoms with Gasteiger partial charge >= 0.3 is 12.2 Å². The lowest BCUT2D eigenvalue weighted by Gasteiger charge is -2.30. The summed E-state index contributed by atoms with van der Waals surface area (Å²) in [6.45, 7) is 1.03. The number of amides is 2. The first-order valence-electron chi connectivity index (χ1n) is 7.73. The molecule has 1 saturated heterocycles. The van der Waals surface area contributed by atoms with Crippen LogP contribution in [0.2, 0.25) is 0 Å². The number of carbonyl (C=O) groups is 1. The normalized spacial score (nSPS) is 19.4. The Morgan fingerprint density at radius 3 is 2.72 bits per heavy atom. The van der Waals surface area contributed by atoms with Crippen LogP contribution in [-0.4, -0.2) is 44.6 Å². The molecule has 1 aliphatic heterocycles. The summed E-state index contributed by atoms with van der Waals surface area (Å²) in [7, 11) is -3.27. The molecule has 0 spiro atoms. The third kappa shape index (κ3) is 5.89. The largest absolute Gasteiger partial charge is 0.416 e. The minimum atomic E-state index is -4.48. The van der Waals surface area contributed by atoms with Gasteiger partial charge in [0.1, 0.15) is 0 Å². The molecule has 1 fully saturated rings. The summed E-state index contributed by atoms with van der Waals surface area (Å²) in [5.74, 6) is -0.0317. The third-order valence-electron chi connectivity index (χ3n) is 3.95. The van der Waals surface area contributed by atoms with E-state index >= 15 is 0 Å². The minimum Gasteiger partial charge on any atom is -0.338 e. The minimum absolute atomic E-state index is 0.0317. The van der Waals surface area contributed by atoms with Crippen LogP contribution >= 0.6 is 0 Å². The van der Waals surface area contributed by atoms with E-state index in [1.54, 1.807) is 0 Å². The Balaban J connectivity index is 1.87. The van der Waals surface area contributed by atoms with E-state index in [1.807, 2.05) is 0 Å². The average Bonchev–Trinajstić information content (AvgIpc) is 2.52. The van der Waals surface area contributed by atoms with Gasteiger partial charge in [-0.25, -0.2) is 17.5 Å². The van der Waals surface area contributed by atoms with Crippen molar-refractivity contribution in [3.8, 4) is 0 Å². The first kappa shape index (κ1) is 19.5. The molecule has 6 nitrogen and oxygen atoms in total. The zero-order chi connectivity index (χ0) is 18.7. The second kappa shape index (κ2) is 7.61. The predicted octanol–water partition coefficient (Wildman–Crippen LogP) is 2.50. The zero-order valence-electron chi connectivity index (χ0n) is 13.6. The lowest BCUT2D eigenvalue weighted by molar-refractivity contribution is -0.137. The number of carbonyl (C=O) groups excluding carboxylic acids is 1. The fourth-order valence-corrected chi connectivity index (χ4v) is 3.62. The summed E-state index contributed by atoms with van der Waals surface area (Å²) in [5.41, 5.74) is -0.810. The number of halogens is 3. The fraction of sp³-hybridized carbons (Fsp3) is 0.533. The van der Waals surface area contributed by atoms with Gasteiger partial charge in [0.25, 0.3) is 0 Å². The van der Waals surface area contributed by atoms with Gasteiger partial charge in [-0.2, -0.15) is 13.2 Å². The van der Waals surface area contributed by atoms with E-state index in [1.165, 1.54) is 16.4 Å². The molecule has 1 atom stereocenters. The van der Waals surface area contributed by atoms with Gasteiger partial charge in [-0.15, -0.1) is 0 Å². The molecule has 0 aliphatic carbocycles. The van der Waals surface area contributed by atoms with Crippen LogP contribution in [0.25, 0.3) is 0 Å². The molecule has 140 valence electrons. The van der Waals surface area contributed by atoms with Gasteiger partial charge in [-0.05, 0) is 37.0 Å². The SMILES string of the molecule is CS(=O)(=O)N1CCC[C@@H](CNC(=O)Nc2cccc(C(F)(F)F)c2)C1. The second-order valence-electron chi connectivity index (χ2n) is 6.04. The molecule has 1 aromatic rings. The molecule has 1 heterocycles. The average molecular weight is 379 g/mol. The van der Waals surface area contributed by atoms with E-state index in [4.69, 9.17) is 0 Å². The van der Waals surface area contributed by atoms with Crippen molar-refractivity contribution >= 4 is 21.7 Å². The van der Waals surface area contributed by atoms with Gasteiger partial charge in [0.15, 0.2) is 0 Å². The topological polar surface area (TPSA) is 78.5 Å². The van der Waals surface area contributed by atoms with E-state index in [9.17, 15) is 26.4 Å². The quantitative estimate of drug-likeness (QED) is 0.844. The molecule has 10 heteroatoms. The van der Waals surface area contributed by atoms with Crippen molar-refractivity contribution in [3.05, 3.63) is 29.8 Å². The molecule has 0 aromatic heterocycles. The Morgan fingerprint density at radius 2 is 2.08 bits per heavy atom. The van der Waals surface area contributed by atoms with Gasteiger partial charge in [0.05, 0.1) is 11.8 Å². The molecule has 0 saturated carbocycles. The number of benzene rings is 1. The molecule has 0 radical (unpaired) electrons. The highest BCUT2D eigenvalue weighted by molar-refractivity contribution is 7.88. The smallest absolute Gasteiger partial charge is 0.338 e. The molecule has 2 rings (SSSR count). The van der Waals surface area contributed by atoms with Gasteiger partial charge in [-0.3, -0.25) is 0 Å². The van der Waals surface area contributed by atoms with Crippen molar-refractivity contribution in [2.75, 3.05) is 31.2 Å². The van der Waals surface area contributed by atoms with Crippen LogP contribution in [-0.2, 0) is 16.2 Å². The lowest BCUT2D eigenvalue weighted by atomic mass is 10.00. The van der Waals surface area contributed by atoms with Crippen molar-refractivity contribution in [1.29, 1.82) is 0 Å². The number of nitrogens with zero attached hydrogens (tertiary/aromatic N) is 1. The fourth-order valence-electron chi connectivity index (χ4n) is 2.68. The van der Waals surface area contributed by atoms with Crippen LogP contribution in [0, 0.1) is 5.92 Å². The van der Waals surface area contributed by atoms with Crippen molar-refractivity contribution in [3.63, 3.8) is 0 Å². The number of sulfonamides is 1. The molecule has 1 aromatic carbocycles.